The van der Waals surface area contributed by atoms with Crippen LogP contribution in [0.3, 0.4) is 0 Å². The Balaban J connectivity index is 2.44. The summed E-state index contributed by atoms with van der Waals surface area (Å²) >= 11 is 0. The van der Waals surface area contributed by atoms with Gasteiger partial charge in [-0.2, -0.15) is 0 Å². The second-order valence-electron chi connectivity index (χ2n) is 6.38. The third-order valence-electron chi connectivity index (χ3n) is 4.41. The van der Waals surface area contributed by atoms with Crippen molar-refractivity contribution in [1.29, 1.82) is 0 Å². The predicted octanol–water partition coefficient (Wildman–Crippen LogP) is 3.89. The molecule has 0 saturated carbocycles. The average molecular weight is 375 g/mol. The number of amides is 1. The molecule has 0 radical (unpaired) electrons. The van der Waals surface area contributed by atoms with Gasteiger partial charge in [-0.1, -0.05) is 18.2 Å². The van der Waals surface area contributed by atoms with E-state index in [4.69, 9.17) is 0 Å². The van der Waals surface area contributed by atoms with E-state index in [1.807, 2.05) is 39.8 Å². The maximum atomic E-state index is 12.9. The Hall–Kier alpha value is -2.34. The molecule has 6 heteroatoms. The number of rotatable bonds is 6. The Morgan fingerprint density at radius 1 is 0.962 bits per heavy atom. The lowest BCUT2D eigenvalue weighted by Gasteiger charge is -2.19. The number of carbonyl (C=O) groups excluding carboxylic acids is 1. The lowest BCUT2D eigenvalue weighted by atomic mass is 10.1. The molecule has 0 aliphatic heterocycles. The molecule has 0 bridgehead atoms. The zero-order chi connectivity index (χ0) is 19.5. The van der Waals surface area contributed by atoms with E-state index in [0.29, 0.717) is 29.9 Å². The minimum absolute atomic E-state index is 0.122. The largest absolute Gasteiger partial charge is 0.339 e. The number of anilines is 1. The van der Waals surface area contributed by atoms with E-state index in [9.17, 15) is 13.2 Å². The molecule has 0 fully saturated rings. The number of sulfonamides is 1. The van der Waals surface area contributed by atoms with Gasteiger partial charge in [0.2, 0.25) is 0 Å². The molecule has 0 unspecified atom stereocenters. The number of aryl methyl sites for hydroxylation is 3. The Morgan fingerprint density at radius 2 is 1.58 bits per heavy atom. The first kappa shape index (κ1) is 20.0. The summed E-state index contributed by atoms with van der Waals surface area (Å²) in [7, 11) is -3.80. The summed E-state index contributed by atoms with van der Waals surface area (Å²) in [4.78, 5) is 14.4. The van der Waals surface area contributed by atoms with Crippen LogP contribution in [0.2, 0.25) is 0 Å². The van der Waals surface area contributed by atoms with Gasteiger partial charge in [-0.3, -0.25) is 9.52 Å². The van der Waals surface area contributed by atoms with Crippen molar-refractivity contribution in [2.75, 3.05) is 17.8 Å². The van der Waals surface area contributed by atoms with E-state index in [1.54, 1.807) is 30.0 Å². The fraction of sp³-hybridized carbons (Fsp3) is 0.350. The second kappa shape index (κ2) is 7.91. The fourth-order valence-corrected chi connectivity index (χ4v) is 4.15. The highest BCUT2D eigenvalue weighted by atomic mass is 32.2. The van der Waals surface area contributed by atoms with Crippen molar-refractivity contribution in [1.82, 2.24) is 4.90 Å². The summed E-state index contributed by atoms with van der Waals surface area (Å²) in [6.45, 7) is 10.4. The molecule has 0 heterocycles. The predicted molar refractivity (Wildman–Crippen MR) is 105 cm³/mol. The molecule has 2 rings (SSSR count). The summed E-state index contributed by atoms with van der Waals surface area (Å²) in [5.74, 6) is -0.168. The molecule has 1 N–H and O–H groups in total. The first-order chi connectivity index (χ1) is 12.2. The number of carbonyl (C=O) groups is 1. The lowest BCUT2D eigenvalue weighted by molar-refractivity contribution is 0.0772. The standard InChI is InChI=1S/C20H26N2O3S/c1-6-22(7-2)20(23)17-11-10-16(5)19(13-17)26(24,25)21-18-12-14(3)8-9-15(18)4/h8-13,21H,6-7H2,1-5H3. The van der Waals surface area contributed by atoms with Gasteiger partial charge < -0.3 is 4.90 Å². The van der Waals surface area contributed by atoms with Crippen LogP contribution >= 0.6 is 0 Å². The topological polar surface area (TPSA) is 66.5 Å². The SMILES string of the molecule is CCN(CC)C(=O)c1ccc(C)c(S(=O)(=O)Nc2cc(C)ccc2C)c1. The van der Waals surface area contributed by atoms with Crippen LogP contribution in [0.25, 0.3) is 0 Å². The van der Waals surface area contributed by atoms with E-state index in [0.717, 1.165) is 11.1 Å². The molecule has 5 nitrogen and oxygen atoms in total. The maximum Gasteiger partial charge on any atom is 0.262 e. The van der Waals surface area contributed by atoms with E-state index in [2.05, 4.69) is 4.72 Å². The van der Waals surface area contributed by atoms with Gasteiger partial charge in [0, 0.05) is 18.7 Å². The molecular formula is C20H26N2O3S. The third-order valence-corrected chi connectivity index (χ3v) is 5.92. The number of hydrogen-bond donors (Lipinski definition) is 1. The zero-order valence-corrected chi connectivity index (χ0v) is 16.8. The second-order valence-corrected chi connectivity index (χ2v) is 8.03. The summed E-state index contributed by atoms with van der Waals surface area (Å²) in [6, 6.07) is 10.4. The third kappa shape index (κ3) is 4.25. The maximum absolute atomic E-state index is 12.9. The molecule has 0 aromatic heterocycles. The van der Waals surface area contributed by atoms with Gasteiger partial charge in [-0.25, -0.2) is 8.42 Å². The molecule has 2 aromatic carbocycles. The van der Waals surface area contributed by atoms with Gasteiger partial charge >= 0.3 is 0 Å². The zero-order valence-electron chi connectivity index (χ0n) is 16.0. The molecule has 140 valence electrons. The lowest BCUT2D eigenvalue weighted by Crippen LogP contribution is -2.30. The first-order valence-corrected chi connectivity index (χ1v) is 10.2. The van der Waals surface area contributed by atoms with Crippen LogP contribution in [0.5, 0.6) is 0 Å². The van der Waals surface area contributed by atoms with Crippen LogP contribution < -0.4 is 4.72 Å². The highest BCUT2D eigenvalue weighted by Gasteiger charge is 2.21. The van der Waals surface area contributed by atoms with Crippen LogP contribution in [0.4, 0.5) is 5.69 Å². The van der Waals surface area contributed by atoms with Gasteiger partial charge in [-0.15, -0.1) is 0 Å². The van der Waals surface area contributed by atoms with Crippen molar-refractivity contribution in [3.05, 3.63) is 58.7 Å². The fourth-order valence-electron chi connectivity index (χ4n) is 2.76. The molecule has 0 saturated heterocycles. The van der Waals surface area contributed by atoms with Crippen LogP contribution in [0, 0.1) is 20.8 Å². The first-order valence-electron chi connectivity index (χ1n) is 8.69. The average Bonchev–Trinajstić information content (AvgIpc) is 2.59. The van der Waals surface area contributed by atoms with Crippen LogP contribution in [-0.4, -0.2) is 32.3 Å². The molecule has 0 spiro atoms. The van der Waals surface area contributed by atoms with Crippen molar-refractivity contribution in [3.63, 3.8) is 0 Å². The van der Waals surface area contributed by atoms with Gasteiger partial charge in [0.05, 0.1) is 10.6 Å². The Morgan fingerprint density at radius 3 is 2.19 bits per heavy atom. The smallest absolute Gasteiger partial charge is 0.262 e. The van der Waals surface area contributed by atoms with Crippen LogP contribution in [0.1, 0.15) is 40.9 Å². The van der Waals surface area contributed by atoms with Crippen molar-refractivity contribution in [3.8, 4) is 0 Å². The monoisotopic (exact) mass is 374 g/mol. The minimum Gasteiger partial charge on any atom is -0.339 e. The van der Waals surface area contributed by atoms with Crippen molar-refractivity contribution >= 4 is 21.6 Å². The van der Waals surface area contributed by atoms with E-state index in [-0.39, 0.29) is 10.8 Å². The normalized spacial score (nSPS) is 11.3. The Kier molecular flexibility index (Phi) is 6.08. The van der Waals surface area contributed by atoms with Gasteiger partial charge in [0.15, 0.2) is 0 Å². The van der Waals surface area contributed by atoms with Crippen molar-refractivity contribution in [2.45, 2.75) is 39.5 Å². The molecule has 26 heavy (non-hydrogen) atoms. The van der Waals surface area contributed by atoms with Crippen molar-refractivity contribution in [2.24, 2.45) is 0 Å². The van der Waals surface area contributed by atoms with E-state index in [1.165, 1.54) is 6.07 Å². The Labute approximate surface area is 156 Å². The number of nitrogens with zero attached hydrogens (tertiary/aromatic N) is 1. The molecule has 2 aromatic rings. The van der Waals surface area contributed by atoms with Crippen LogP contribution in [-0.2, 0) is 10.0 Å². The molecule has 0 aliphatic carbocycles. The van der Waals surface area contributed by atoms with Crippen LogP contribution in [0.15, 0.2) is 41.3 Å². The highest BCUT2D eigenvalue weighted by Crippen LogP contribution is 2.24. The van der Waals surface area contributed by atoms with Gasteiger partial charge in [-0.05, 0) is 69.5 Å². The molecular weight excluding hydrogens is 348 g/mol. The summed E-state index contributed by atoms with van der Waals surface area (Å²) < 4.78 is 28.5. The summed E-state index contributed by atoms with van der Waals surface area (Å²) in [6.07, 6.45) is 0. The minimum atomic E-state index is -3.80. The van der Waals surface area contributed by atoms with E-state index < -0.39 is 10.0 Å². The number of benzene rings is 2. The highest BCUT2D eigenvalue weighted by molar-refractivity contribution is 7.92. The Bertz CT molecular complexity index is 917. The number of nitrogens with one attached hydrogen (secondary N) is 1. The van der Waals surface area contributed by atoms with Gasteiger partial charge in [0.1, 0.15) is 0 Å². The van der Waals surface area contributed by atoms with Gasteiger partial charge in [0.25, 0.3) is 15.9 Å². The summed E-state index contributed by atoms with van der Waals surface area (Å²) in [5.41, 5.74) is 3.33. The molecule has 1 amide bonds. The quantitative estimate of drug-likeness (QED) is 0.834. The molecule has 0 atom stereocenters. The summed E-state index contributed by atoms with van der Waals surface area (Å²) in [5, 5.41) is 0. The molecule has 0 aliphatic rings. The van der Waals surface area contributed by atoms with Crippen molar-refractivity contribution < 1.29 is 13.2 Å². The number of hydrogen-bond acceptors (Lipinski definition) is 3. The van der Waals surface area contributed by atoms with E-state index >= 15 is 0 Å².